The van der Waals surface area contributed by atoms with E-state index in [1.54, 1.807) is 19.1 Å². The number of rotatable bonds is 6. The normalized spacial score (nSPS) is 13.7. The van der Waals surface area contributed by atoms with Crippen molar-refractivity contribution in [3.8, 4) is 0 Å². The van der Waals surface area contributed by atoms with E-state index in [9.17, 15) is 9.18 Å². The summed E-state index contributed by atoms with van der Waals surface area (Å²) in [4.78, 5) is 11.9. The number of benzene rings is 1. The fourth-order valence-corrected chi connectivity index (χ4v) is 2.11. The van der Waals surface area contributed by atoms with Crippen molar-refractivity contribution in [2.45, 2.75) is 45.7 Å². The van der Waals surface area contributed by atoms with E-state index in [4.69, 9.17) is 0 Å². The molecule has 0 fully saturated rings. The van der Waals surface area contributed by atoms with Gasteiger partial charge in [-0.2, -0.15) is 0 Å². The molecule has 0 radical (unpaired) electrons. The van der Waals surface area contributed by atoms with Crippen LogP contribution in [0.5, 0.6) is 0 Å². The summed E-state index contributed by atoms with van der Waals surface area (Å²) in [5.41, 5.74) is 0.328. The van der Waals surface area contributed by atoms with Crippen LogP contribution in [0.2, 0.25) is 0 Å². The number of carbonyl (C=O) groups is 1. The van der Waals surface area contributed by atoms with Crippen LogP contribution in [0.25, 0.3) is 0 Å². The van der Waals surface area contributed by atoms with Crippen LogP contribution in [0.4, 0.5) is 10.1 Å². The Hall–Kier alpha value is -1.10. The molecule has 2 atom stereocenters. The third-order valence-corrected chi connectivity index (χ3v) is 3.30. The number of amides is 1. The molecule has 1 amide bonds. The topological polar surface area (TPSA) is 41.1 Å². The predicted octanol–water partition coefficient (Wildman–Crippen LogP) is 3.69. The molecule has 106 valence electrons. The van der Waals surface area contributed by atoms with Crippen LogP contribution in [0, 0.1) is 5.82 Å². The molecule has 0 aliphatic rings. The molecule has 19 heavy (non-hydrogen) atoms. The van der Waals surface area contributed by atoms with Crippen molar-refractivity contribution >= 4 is 27.5 Å². The van der Waals surface area contributed by atoms with Crippen molar-refractivity contribution in [1.82, 2.24) is 5.32 Å². The van der Waals surface area contributed by atoms with Gasteiger partial charge in [-0.25, -0.2) is 4.39 Å². The molecule has 1 aromatic carbocycles. The Balaban J connectivity index is 2.58. The second-order valence-corrected chi connectivity index (χ2v) is 5.60. The summed E-state index contributed by atoms with van der Waals surface area (Å²) >= 11 is 3.19. The second kappa shape index (κ2) is 7.48. The first kappa shape index (κ1) is 16.0. The van der Waals surface area contributed by atoms with E-state index in [1.165, 1.54) is 6.07 Å². The molecule has 0 heterocycles. The zero-order valence-corrected chi connectivity index (χ0v) is 13.1. The van der Waals surface area contributed by atoms with Gasteiger partial charge in [-0.15, -0.1) is 0 Å². The Morgan fingerprint density at radius 3 is 2.68 bits per heavy atom. The molecule has 3 nitrogen and oxygen atoms in total. The number of nitrogens with one attached hydrogen (secondary N) is 2. The van der Waals surface area contributed by atoms with Crippen molar-refractivity contribution in [3.05, 3.63) is 28.5 Å². The second-order valence-electron chi connectivity index (χ2n) is 4.69. The zero-order valence-electron chi connectivity index (χ0n) is 11.5. The van der Waals surface area contributed by atoms with Gasteiger partial charge in [0.25, 0.3) is 0 Å². The third kappa shape index (κ3) is 5.19. The highest BCUT2D eigenvalue weighted by atomic mass is 79.9. The summed E-state index contributed by atoms with van der Waals surface area (Å²) < 4.78 is 14.3. The van der Waals surface area contributed by atoms with Gasteiger partial charge in [0.1, 0.15) is 11.9 Å². The number of carbonyl (C=O) groups excluding carboxylic acids is 1. The Kier molecular flexibility index (Phi) is 6.28. The molecular formula is C14H20BrFN2O. The smallest absolute Gasteiger partial charge is 0.242 e. The van der Waals surface area contributed by atoms with Gasteiger partial charge < -0.3 is 10.6 Å². The minimum absolute atomic E-state index is 0.122. The minimum Gasteiger partial charge on any atom is -0.372 e. The summed E-state index contributed by atoms with van der Waals surface area (Å²) in [6.45, 7) is 5.76. The SMILES string of the molecule is CCCC(C)NC(=O)C(C)Nc1ccc(Br)cc1F. The molecule has 0 bridgehead atoms. The van der Waals surface area contributed by atoms with Gasteiger partial charge in [-0.1, -0.05) is 29.3 Å². The summed E-state index contributed by atoms with van der Waals surface area (Å²) in [5.74, 6) is -0.501. The van der Waals surface area contributed by atoms with Crippen molar-refractivity contribution in [1.29, 1.82) is 0 Å². The monoisotopic (exact) mass is 330 g/mol. The largest absolute Gasteiger partial charge is 0.372 e. The average molecular weight is 331 g/mol. The lowest BCUT2D eigenvalue weighted by Gasteiger charge is -2.19. The first-order chi connectivity index (χ1) is 8.93. The quantitative estimate of drug-likeness (QED) is 0.835. The lowest BCUT2D eigenvalue weighted by molar-refractivity contribution is -0.122. The standard InChI is InChI=1S/C14H20BrFN2O/c1-4-5-9(2)17-14(19)10(3)18-13-7-6-11(15)8-12(13)16/h6-10,18H,4-5H2,1-3H3,(H,17,19). The van der Waals surface area contributed by atoms with E-state index >= 15 is 0 Å². The van der Waals surface area contributed by atoms with E-state index in [0.717, 1.165) is 12.8 Å². The van der Waals surface area contributed by atoms with Crippen molar-refractivity contribution in [3.63, 3.8) is 0 Å². The molecule has 0 saturated carbocycles. The van der Waals surface area contributed by atoms with E-state index in [1.807, 2.05) is 6.92 Å². The van der Waals surface area contributed by atoms with Crippen LogP contribution in [0.3, 0.4) is 0 Å². The molecule has 1 rings (SSSR count). The van der Waals surface area contributed by atoms with E-state index in [-0.39, 0.29) is 17.8 Å². The molecule has 2 N–H and O–H groups in total. The molecule has 0 saturated heterocycles. The molecule has 0 spiro atoms. The molecule has 0 aliphatic carbocycles. The maximum atomic E-state index is 13.6. The van der Waals surface area contributed by atoms with Gasteiger partial charge in [0.05, 0.1) is 5.69 Å². The van der Waals surface area contributed by atoms with Crippen LogP contribution >= 0.6 is 15.9 Å². The Morgan fingerprint density at radius 1 is 1.42 bits per heavy atom. The maximum absolute atomic E-state index is 13.6. The van der Waals surface area contributed by atoms with Gasteiger partial charge in [-0.3, -0.25) is 4.79 Å². The summed E-state index contributed by atoms with van der Waals surface area (Å²) in [6, 6.07) is 4.37. The van der Waals surface area contributed by atoms with Crippen molar-refractivity contribution < 1.29 is 9.18 Å². The van der Waals surface area contributed by atoms with Gasteiger partial charge in [0.2, 0.25) is 5.91 Å². The van der Waals surface area contributed by atoms with Crippen LogP contribution in [0.15, 0.2) is 22.7 Å². The summed E-state index contributed by atoms with van der Waals surface area (Å²) in [6.07, 6.45) is 1.95. The Morgan fingerprint density at radius 2 is 2.11 bits per heavy atom. The first-order valence-corrected chi connectivity index (χ1v) is 7.25. The van der Waals surface area contributed by atoms with Crippen molar-refractivity contribution in [2.24, 2.45) is 0 Å². The lowest BCUT2D eigenvalue weighted by atomic mass is 10.2. The first-order valence-electron chi connectivity index (χ1n) is 6.46. The Bertz CT molecular complexity index is 439. The summed E-state index contributed by atoms with van der Waals surface area (Å²) in [7, 11) is 0. The highest BCUT2D eigenvalue weighted by Crippen LogP contribution is 2.20. The van der Waals surface area contributed by atoms with E-state index in [0.29, 0.717) is 10.2 Å². The molecule has 1 aromatic rings. The van der Waals surface area contributed by atoms with Gasteiger partial charge in [-0.05, 0) is 38.5 Å². The fourth-order valence-electron chi connectivity index (χ4n) is 1.78. The molecule has 5 heteroatoms. The van der Waals surface area contributed by atoms with Gasteiger partial charge in [0, 0.05) is 10.5 Å². The predicted molar refractivity (Wildman–Crippen MR) is 79.7 cm³/mol. The van der Waals surface area contributed by atoms with Gasteiger partial charge in [0.15, 0.2) is 0 Å². The Labute approximate surface area is 122 Å². The van der Waals surface area contributed by atoms with Gasteiger partial charge >= 0.3 is 0 Å². The fraction of sp³-hybridized carbons (Fsp3) is 0.500. The zero-order chi connectivity index (χ0) is 14.4. The highest BCUT2D eigenvalue weighted by molar-refractivity contribution is 9.10. The van der Waals surface area contributed by atoms with E-state index < -0.39 is 6.04 Å². The molecule has 2 unspecified atom stereocenters. The highest BCUT2D eigenvalue weighted by Gasteiger charge is 2.16. The molecular weight excluding hydrogens is 311 g/mol. The molecule has 0 aromatic heterocycles. The van der Waals surface area contributed by atoms with Crippen LogP contribution in [-0.4, -0.2) is 18.0 Å². The van der Waals surface area contributed by atoms with Crippen LogP contribution < -0.4 is 10.6 Å². The number of halogens is 2. The maximum Gasteiger partial charge on any atom is 0.242 e. The summed E-state index contributed by atoms with van der Waals surface area (Å²) in [5, 5.41) is 5.78. The molecule has 0 aliphatic heterocycles. The van der Waals surface area contributed by atoms with Crippen LogP contribution in [-0.2, 0) is 4.79 Å². The number of hydrogen-bond donors (Lipinski definition) is 2. The van der Waals surface area contributed by atoms with Crippen molar-refractivity contribution in [2.75, 3.05) is 5.32 Å². The number of hydrogen-bond acceptors (Lipinski definition) is 2. The van der Waals surface area contributed by atoms with E-state index in [2.05, 4.69) is 33.5 Å². The number of anilines is 1. The van der Waals surface area contributed by atoms with Crippen LogP contribution in [0.1, 0.15) is 33.6 Å². The average Bonchev–Trinajstić information content (AvgIpc) is 2.32. The minimum atomic E-state index is -0.477. The lowest BCUT2D eigenvalue weighted by Crippen LogP contribution is -2.42. The third-order valence-electron chi connectivity index (χ3n) is 2.81.